The molecule has 1 fully saturated rings. The number of nitrogens with zero attached hydrogens (tertiary/aromatic N) is 2. The summed E-state index contributed by atoms with van der Waals surface area (Å²) >= 11 is 0. The molecule has 1 unspecified atom stereocenters. The lowest BCUT2D eigenvalue weighted by molar-refractivity contribution is 0.399. The molecule has 0 bridgehead atoms. The van der Waals surface area contributed by atoms with Crippen LogP contribution in [0.25, 0.3) is 0 Å². The molecule has 1 aliphatic heterocycles. The summed E-state index contributed by atoms with van der Waals surface area (Å²) in [4.78, 5) is 6.68. The highest BCUT2D eigenvalue weighted by molar-refractivity contribution is 7.90. The smallest absolute Gasteiger partial charge is 0.179 e. The average Bonchev–Trinajstić information content (AvgIpc) is 2.72. The molecule has 0 aliphatic carbocycles. The zero-order chi connectivity index (χ0) is 13.2. The molecule has 2 heterocycles. The van der Waals surface area contributed by atoms with Gasteiger partial charge in [0.15, 0.2) is 9.84 Å². The SMILES string of the molecule is CN1CCC(CNc2ncccc2S(C)(=O)=O)C1. The minimum absolute atomic E-state index is 0.274. The van der Waals surface area contributed by atoms with E-state index in [1.54, 1.807) is 18.3 Å². The minimum Gasteiger partial charge on any atom is -0.369 e. The van der Waals surface area contributed by atoms with Crippen LogP contribution in [-0.2, 0) is 9.84 Å². The first kappa shape index (κ1) is 13.3. The van der Waals surface area contributed by atoms with E-state index in [4.69, 9.17) is 0 Å². The third-order valence-electron chi connectivity index (χ3n) is 3.22. The average molecular weight is 269 g/mol. The molecule has 0 spiro atoms. The van der Waals surface area contributed by atoms with Crippen LogP contribution in [0.1, 0.15) is 6.42 Å². The van der Waals surface area contributed by atoms with E-state index in [1.807, 2.05) is 0 Å². The molecule has 0 aromatic carbocycles. The third-order valence-corrected chi connectivity index (χ3v) is 4.35. The molecule has 0 saturated carbocycles. The van der Waals surface area contributed by atoms with Crippen LogP contribution in [0.2, 0.25) is 0 Å². The largest absolute Gasteiger partial charge is 0.369 e. The van der Waals surface area contributed by atoms with E-state index in [1.165, 1.54) is 6.26 Å². The maximum absolute atomic E-state index is 11.6. The highest BCUT2D eigenvalue weighted by Gasteiger charge is 2.20. The monoisotopic (exact) mass is 269 g/mol. The summed E-state index contributed by atoms with van der Waals surface area (Å²) in [7, 11) is -1.13. The van der Waals surface area contributed by atoms with Crippen LogP contribution < -0.4 is 5.32 Å². The molecule has 1 N–H and O–H groups in total. The first-order valence-electron chi connectivity index (χ1n) is 6.04. The van der Waals surface area contributed by atoms with Crippen molar-refractivity contribution >= 4 is 15.7 Å². The van der Waals surface area contributed by atoms with E-state index in [2.05, 4.69) is 22.2 Å². The summed E-state index contributed by atoms with van der Waals surface area (Å²) < 4.78 is 23.2. The van der Waals surface area contributed by atoms with Crippen molar-refractivity contribution in [1.29, 1.82) is 0 Å². The van der Waals surface area contributed by atoms with Gasteiger partial charge in [-0.05, 0) is 38.1 Å². The van der Waals surface area contributed by atoms with Crippen molar-refractivity contribution in [3.63, 3.8) is 0 Å². The molecule has 1 aromatic heterocycles. The molecular formula is C12H19N3O2S. The van der Waals surface area contributed by atoms with Crippen molar-refractivity contribution in [2.45, 2.75) is 11.3 Å². The second kappa shape index (κ2) is 5.24. The van der Waals surface area contributed by atoms with Gasteiger partial charge in [0.2, 0.25) is 0 Å². The lowest BCUT2D eigenvalue weighted by Crippen LogP contribution is -2.20. The van der Waals surface area contributed by atoms with Gasteiger partial charge in [0.05, 0.1) is 0 Å². The predicted molar refractivity (Wildman–Crippen MR) is 71.4 cm³/mol. The zero-order valence-corrected chi connectivity index (χ0v) is 11.6. The van der Waals surface area contributed by atoms with Crippen LogP contribution in [0, 0.1) is 5.92 Å². The first-order chi connectivity index (χ1) is 8.47. The molecule has 1 atom stereocenters. The molecule has 5 nitrogen and oxygen atoms in total. The Balaban J connectivity index is 2.06. The zero-order valence-electron chi connectivity index (χ0n) is 10.8. The van der Waals surface area contributed by atoms with E-state index in [0.717, 1.165) is 26.1 Å². The molecule has 1 saturated heterocycles. The van der Waals surface area contributed by atoms with Crippen LogP contribution in [-0.4, -0.2) is 51.2 Å². The molecule has 2 rings (SSSR count). The third kappa shape index (κ3) is 3.20. The van der Waals surface area contributed by atoms with Gasteiger partial charge in [0.25, 0.3) is 0 Å². The van der Waals surface area contributed by atoms with Crippen LogP contribution >= 0.6 is 0 Å². The molecule has 0 radical (unpaired) electrons. The van der Waals surface area contributed by atoms with Crippen LogP contribution in [0.4, 0.5) is 5.82 Å². The number of pyridine rings is 1. The Kier molecular flexibility index (Phi) is 3.87. The van der Waals surface area contributed by atoms with Crippen molar-refractivity contribution in [3.8, 4) is 0 Å². The van der Waals surface area contributed by atoms with Gasteiger partial charge in [-0.25, -0.2) is 13.4 Å². The summed E-state index contributed by atoms with van der Waals surface area (Å²) in [6, 6.07) is 3.23. The summed E-state index contributed by atoms with van der Waals surface area (Å²) in [5, 5.41) is 3.17. The maximum atomic E-state index is 11.6. The number of anilines is 1. The van der Waals surface area contributed by atoms with Crippen molar-refractivity contribution in [2.24, 2.45) is 5.92 Å². The van der Waals surface area contributed by atoms with Crippen LogP contribution in [0.15, 0.2) is 23.2 Å². The molecular weight excluding hydrogens is 250 g/mol. The van der Waals surface area contributed by atoms with E-state index in [-0.39, 0.29) is 4.90 Å². The highest BCUT2D eigenvalue weighted by atomic mass is 32.2. The maximum Gasteiger partial charge on any atom is 0.179 e. The van der Waals surface area contributed by atoms with Gasteiger partial charge in [-0.15, -0.1) is 0 Å². The van der Waals surface area contributed by atoms with Gasteiger partial charge in [-0.2, -0.15) is 0 Å². The normalized spacial score (nSPS) is 21.1. The fourth-order valence-electron chi connectivity index (χ4n) is 2.26. The Morgan fingerprint density at radius 1 is 1.56 bits per heavy atom. The number of nitrogens with one attached hydrogen (secondary N) is 1. The van der Waals surface area contributed by atoms with Crippen molar-refractivity contribution in [1.82, 2.24) is 9.88 Å². The van der Waals surface area contributed by atoms with Crippen molar-refractivity contribution < 1.29 is 8.42 Å². The van der Waals surface area contributed by atoms with Crippen molar-refractivity contribution in [2.75, 3.05) is 38.3 Å². The standard InChI is InChI=1S/C12H19N3O2S/c1-15-7-5-10(9-15)8-14-12-11(18(2,16)17)4-3-6-13-12/h3-4,6,10H,5,7-9H2,1-2H3,(H,13,14). The summed E-state index contributed by atoms with van der Waals surface area (Å²) in [5.74, 6) is 1.03. The number of aromatic nitrogens is 1. The van der Waals surface area contributed by atoms with E-state index in [9.17, 15) is 8.42 Å². The Morgan fingerprint density at radius 3 is 2.94 bits per heavy atom. The van der Waals surface area contributed by atoms with E-state index < -0.39 is 9.84 Å². The van der Waals surface area contributed by atoms with E-state index >= 15 is 0 Å². The Hall–Kier alpha value is -1.14. The molecule has 0 amide bonds. The van der Waals surface area contributed by atoms with Gasteiger partial charge in [0.1, 0.15) is 10.7 Å². The number of hydrogen-bond acceptors (Lipinski definition) is 5. The molecule has 1 aromatic rings. The van der Waals surface area contributed by atoms with Gasteiger partial charge in [-0.3, -0.25) is 0 Å². The van der Waals surface area contributed by atoms with Crippen LogP contribution in [0.3, 0.4) is 0 Å². The number of sulfone groups is 1. The van der Waals surface area contributed by atoms with Gasteiger partial charge < -0.3 is 10.2 Å². The van der Waals surface area contributed by atoms with E-state index in [0.29, 0.717) is 11.7 Å². The number of likely N-dealkylation sites (tertiary alicyclic amines) is 1. The quantitative estimate of drug-likeness (QED) is 0.878. The molecule has 6 heteroatoms. The molecule has 100 valence electrons. The molecule has 1 aliphatic rings. The first-order valence-corrected chi connectivity index (χ1v) is 7.93. The Bertz CT molecular complexity index is 516. The number of rotatable bonds is 4. The summed E-state index contributed by atoms with van der Waals surface area (Å²) in [6.45, 7) is 2.92. The van der Waals surface area contributed by atoms with Gasteiger partial charge in [0, 0.05) is 25.5 Å². The fourth-order valence-corrected chi connectivity index (χ4v) is 3.06. The lowest BCUT2D eigenvalue weighted by atomic mass is 10.1. The summed E-state index contributed by atoms with van der Waals surface area (Å²) in [6.07, 6.45) is 3.96. The minimum atomic E-state index is -3.23. The topological polar surface area (TPSA) is 62.3 Å². The highest BCUT2D eigenvalue weighted by Crippen LogP contribution is 2.20. The van der Waals surface area contributed by atoms with Crippen molar-refractivity contribution in [3.05, 3.63) is 18.3 Å². The molecule has 18 heavy (non-hydrogen) atoms. The second-order valence-corrected chi connectivity index (χ2v) is 6.90. The predicted octanol–water partition coefficient (Wildman–Crippen LogP) is 0.849. The summed E-state index contributed by atoms with van der Waals surface area (Å²) in [5.41, 5.74) is 0. The Morgan fingerprint density at radius 2 is 2.33 bits per heavy atom. The van der Waals surface area contributed by atoms with Gasteiger partial charge in [-0.1, -0.05) is 0 Å². The Labute approximate surface area is 108 Å². The fraction of sp³-hybridized carbons (Fsp3) is 0.583. The van der Waals surface area contributed by atoms with Gasteiger partial charge >= 0.3 is 0 Å². The number of hydrogen-bond donors (Lipinski definition) is 1. The van der Waals surface area contributed by atoms with Crippen LogP contribution in [0.5, 0.6) is 0 Å². The lowest BCUT2D eigenvalue weighted by Gasteiger charge is -2.13. The second-order valence-electron chi connectivity index (χ2n) is 4.92.